The van der Waals surface area contributed by atoms with Crippen molar-refractivity contribution in [2.75, 3.05) is 26.7 Å². The number of aliphatic hydroxyl groups is 1. The molecule has 1 saturated heterocycles. The van der Waals surface area contributed by atoms with E-state index in [1.54, 1.807) is 19.2 Å². The number of hydrogen-bond donors (Lipinski definition) is 2. The third kappa shape index (κ3) is 3.99. The van der Waals surface area contributed by atoms with Crippen molar-refractivity contribution in [1.29, 1.82) is 0 Å². The van der Waals surface area contributed by atoms with Crippen molar-refractivity contribution in [3.63, 3.8) is 0 Å². The van der Waals surface area contributed by atoms with Crippen LogP contribution < -0.4 is 4.74 Å². The molecule has 0 amide bonds. The van der Waals surface area contributed by atoms with Crippen molar-refractivity contribution < 1.29 is 14.8 Å². The van der Waals surface area contributed by atoms with E-state index in [0.717, 1.165) is 59.4 Å². The first-order valence-corrected chi connectivity index (χ1v) is 12.8. The summed E-state index contributed by atoms with van der Waals surface area (Å²) in [6, 6.07) is 23.5. The first-order valence-electron chi connectivity index (χ1n) is 12.8. The van der Waals surface area contributed by atoms with Crippen LogP contribution in [0.5, 0.6) is 5.75 Å². The second kappa shape index (κ2) is 9.01. The molecule has 2 unspecified atom stereocenters. The molecule has 1 fully saturated rings. The lowest BCUT2D eigenvalue weighted by Crippen LogP contribution is -2.66. The first kappa shape index (κ1) is 23.7. The highest BCUT2D eigenvalue weighted by Crippen LogP contribution is 2.52. The lowest BCUT2D eigenvalue weighted by Gasteiger charge is -2.56. The molecule has 2 N–H and O–H groups in total. The van der Waals surface area contributed by atoms with Gasteiger partial charge in [0, 0.05) is 60.1 Å². The van der Waals surface area contributed by atoms with Gasteiger partial charge in [0.1, 0.15) is 5.75 Å². The highest BCUT2D eigenvalue weighted by molar-refractivity contribution is 5.87. The number of piperidine rings is 1. The fraction of sp³-hybridized carbons (Fsp3) is 0.333. The summed E-state index contributed by atoms with van der Waals surface area (Å²) in [4.78, 5) is 17.0. The number of benzene rings is 3. The second-order valence-electron chi connectivity index (χ2n) is 10.5. The number of H-pyrrole nitrogens is 1. The highest BCUT2D eigenvalue weighted by Gasteiger charge is 2.57. The fourth-order valence-electron chi connectivity index (χ4n) is 6.57. The van der Waals surface area contributed by atoms with Gasteiger partial charge in [-0.15, -0.1) is 0 Å². The lowest BCUT2D eigenvalue weighted by molar-refractivity contribution is -0.384. The van der Waals surface area contributed by atoms with Crippen LogP contribution in [0.15, 0.2) is 72.8 Å². The summed E-state index contributed by atoms with van der Waals surface area (Å²) in [5.41, 5.74) is 3.82. The minimum absolute atomic E-state index is 0.0686. The van der Waals surface area contributed by atoms with Crippen molar-refractivity contribution >= 4 is 16.6 Å². The van der Waals surface area contributed by atoms with Crippen molar-refractivity contribution in [1.82, 2.24) is 9.88 Å². The van der Waals surface area contributed by atoms with E-state index >= 15 is 0 Å². The summed E-state index contributed by atoms with van der Waals surface area (Å²) < 4.78 is 5.55. The molecule has 1 aromatic heterocycles. The summed E-state index contributed by atoms with van der Waals surface area (Å²) in [6.07, 6.45) is 2.80. The predicted molar refractivity (Wildman–Crippen MR) is 143 cm³/mol. The zero-order chi connectivity index (χ0) is 25.6. The Balaban J connectivity index is 1.41. The molecule has 0 bridgehead atoms. The maximum atomic E-state index is 12.6. The number of hydrogen-bond acceptors (Lipinski definition) is 5. The van der Waals surface area contributed by atoms with Gasteiger partial charge >= 0.3 is 0 Å². The zero-order valence-corrected chi connectivity index (χ0v) is 20.9. The number of fused-ring (bicyclic) bond motifs is 4. The van der Waals surface area contributed by atoms with Crippen LogP contribution in [0.25, 0.3) is 10.9 Å². The van der Waals surface area contributed by atoms with Gasteiger partial charge in [-0.3, -0.25) is 10.1 Å². The average molecular weight is 498 g/mol. The summed E-state index contributed by atoms with van der Waals surface area (Å²) in [6.45, 7) is 2.29. The molecule has 7 nitrogen and oxygen atoms in total. The number of β-amino-alcohol motifs (C(OH)–C–C–N with tert-alkyl or cyclic N) is 1. The van der Waals surface area contributed by atoms with E-state index in [4.69, 9.17) is 4.74 Å². The predicted octanol–water partition coefficient (Wildman–Crippen LogP) is 4.80. The molecular formula is C30H31N3O4. The SMILES string of the molecule is COc1cccc(C23CCN(CCc4ccccc4)CC2(O)Cc2c([nH]c4ccc([N+](=O)[O-])cc24)C3)c1. The van der Waals surface area contributed by atoms with Crippen LogP contribution in [-0.2, 0) is 24.7 Å². The zero-order valence-electron chi connectivity index (χ0n) is 20.9. The standard InChI is InChI=1S/C30H31N3O4/c1-37-24-9-5-8-22(16-24)29-13-15-32(14-12-21-6-3-2-4-7-21)20-30(29,34)18-26-25-17-23(33(35)36)10-11-27(25)31-28(26)19-29/h2-11,16-17,31,34H,12-15,18-20H2,1H3. The van der Waals surface area contributed by atoms with Crippen molar-refractivity contribution in [3.05, 3.63) is 105 Å². The number of nitro benzene ring substituents is 1. The largest absolute Gasteiger partial charge is 0.497 e. The number of non-ortho nitro benzene ring substituents is 1. The quantitative estimate of drug-likeness (QED) is 0.295. The van der Waals surface area contributed by atoms with Gasteiger partial charge in [-0.1, -0.05) is 42.5 Å². The molecule has 37 heavy (non-hydrogen) atoms. The van der Waals surface area contributed by atoms with Crippen molar-refractivity contribution in [3.8, 4) is 5.75 Å². The van der Waals surface area contributed by atoms with Gasteiger partial charge in [0.25, 0.3) is 5.69 Å². The third-order valence-electron chi connectivity index (χ3n) is 8.55. The van der Waals surface area contributed by atoms with Crippen LogP contribution in [0.4, 0.5) is 5.69 Å². The summed E-state index contributed by atoms with van der Waals surface area (Å²) >= 11 is 0. The van der Waals surface area contributed by atoms with Gasteiger partial charge in [-0.2, -0.15) is 0 Å². The third-order valence-corrected chi connectivity index (χ3v) is 8.55. The van der Waals surface area contributed by atoms with Gasteiger partial charge in [0.2, 0.25) is 0 Å². The smallest absolute Gasteiger partial charge is 0.270 e. The van der Waals surface area contributed by atoms with Crippen LogP contribution in [0.2, 0.25) is 0 Å². The Labute approximate surface area is 215 Å². The van der Waals surface area contributed by atoms with Crippen LogP contribution in [0, 0.1) is 10.1 Å². The van der Waals surface area contributed by atoms with Gasteiger partial charge in [0.15, 0.2) is 0 Å². The number of methoxy groups -OCH3 is 1. The molecule has 0 spiro atoms. The van der Waals surface area contributed by atoms with E-state index in [1.165, 1.54) is 11.6 Å². The van der Waals surface area contributed by atoms with Crippen LogP contribution in [0.1, 0.15) is 28.8 Å². The molecule has 2 aliphatic rings. The van der Waals surface area contributed by atoms with E-state index in [-0.39, 0.29) is 10.6 Å². The number of aromatic amines is 1. The Bertz CT molecular complexity index is 1470. The Morgan fingerprint density at radius 1 is 1.08 bits per heavy atom. The second-order valence-corrected chi connectivity index (χ2v) is 10.5. The van der Waals surface area contributed by atoms with Crippen molar-refractivity contribution in [2.45, 2.75) is 36.7 Å². The van der Waals surface area contributed by atoms with Gasteiger partial charge in [0.05, 0.1) is 17.6 Å². The Hall–Kier alpha value is -3.68. The van der Waals surface area contributed by atoms with E-state index in [1.807, 2.05) is 18.2 Å². The minimum atomic E-state index is -1.04. The van der Waals surface area contributed by atoms with Crippen LogP contribution in [-0.4, -0.2) is 52.3 Å². The molecule has 3 aromatic carbocycles. The first-order chi connectivity index (χ1) is 17.9. The minimum Gasteiger partial charge on any atom is -0.497 e. The molecule has 0 saturated carbocycles. The topological polar surface area (TPSA) is 91.6 Å². The number of nitrogens with one attached hydrogen (secondary N) is 1. The normalized spacial score (nSPS) is 23.4. The number of likely N-dealkylation sites (tertiary alicyclic amines) is 1. The van der Waals surface area contributed by atoms with E-state index in [2.05, 4.69) is 46.3 Å². The molecule has 6 rings (SSSR count). The summed E-state index contributed by atoms with van der Waals surface area (Å²) in [7, 11) is 1.67. The lowest BCUT2D eigenvalue weighted by atomic mass is 9.56. The molecule has 1 aliphatic heterocycles. The van der Waals surface area contributed by atoms with Gasteiger partial charge in [-0.05, 0) is 54.3 Å². The number of rotatable bonds is 6. The van der Waals surface area contributed by atoms with E-state index in [9.17, 15) is 15.2 Å². The summed E-state index contributed by atoms with van der Waals surface area (Å²) in [5, 5.41) is 24.9. The molecule has 0 radical (unpaired) electrons. The molecule has 2 atom stereocenters. The molecular weight excluding hydrogens is 466 g/mol. The maximum absolute atomic E-state index is 12.6. The Morgan fingerprint density at radius 3 is 2.70 bits per heavy atom. The molecule has 190 valence electrons. The average Bonchev–Trinajstić information content (AvgIpc) is 3.26. The molecule has 4 aromatic rings. The Morgan fingerprint density at radius 2 is 1.92 bits per heavy atom. The summed E-state index contributed by atoms with van der Waals surface area (Å²) in [5.74, 6) is 0.777. The number of ether oxygens (including phenoxy) is 1. The maximum Gasteiger partial charge on any atom is 0.270 e. The van der Waals surface area contributed by atoms with Gasteiger partial charge < -0.3 is 19.7 Å². The molecule has 2 heterocycles. The van der Waals surface area contributed by atoms with Crippen LogP contribution in [0.3, 0.4) is 0 Å². The molecule has 7 heteroatoms. The van der Waals surface area contributed by atoms with E-state index in [0.29, 0.717) is 19.4 Å². The number of nitrogens with zero attached hydrogens (tertiary/aromatic N) is 2. The number of aromatic nitrogens is 1. The van der Waals surface area contributed by atoms with Gasteiger partial charge in [-0.25, -0.2) is 0 Å². The number of nitro groups is 1. The van der Waals surface area contributed by atoms with Crippen molar-refractivity contribution in [2.24, 2.45) is 0 Å². The molecule has 1 aliphatic carbocycles. The Kier molecular flexibility index (Phi) is 5.77. The van der Waals surface area contributed by atoms with E-state index < -0.39 is 11.0 Å². The monoisotopic (exact) mass is 497 g/mol. The van der Waals surface area contributed by atoms with Crippen LogP contribution >= 0.6 is 0 Å². The highest BCUT2D eigenvalue weighted by atomic mass is 16.6. The fourth-order valence-corrected chi connectivity index (χ4v) is 6.57.